The number of benzene rings is 1. The van der Waals surface area contributed by atoms with Crippen LogP contribution in [0.4, 0.5) is 10.1 Å². The highest BCUT2D eigenvalue weighted by atomic mass is 35.5. The molecule has 0 saturated heterocycles. The lowest BCUT2D eigenvalue weighted by Gasteiger charge is -2.29. The molecule has 0 saturated carbocycles. The zero-order valence-corrected chi connectivity index (χ0v) is 20.7. The van der Waals surface area contributed by atoms with Gasteiger partial charge in [0.2, 0.25) is 5.78 Å². The summed E-state index contributed by atoms with van der Waals surface area (Å²) in [5, 5.41) is 8.51. The van der Waals surface area contributed by atoms with Gasteiger partial charge < -0.3 is 14.5 Å². The van der Waals surface area contributed by atoms with Crippen LogP contribution in [0.25, 0.3) is 5.52 Å². The van der Waals surface area contributed by atoms with Crippen molar-refractivity contribution in [1.82, 2.24) is 29.1 Å². The van der Waals surface area contributed by atoms with E-state index >= 15 is 0 Å². The maximum absolute atomic E-state index is 15.0. The van der Waals surface area contributed by atoms with Crippen LogP contribution in [0.2, 0.25) is 10.2 Å². The van der Waals surface area contributed by atoms with Crippen molar-refractivity contribution in [3.63, 3.8) is 0 Å². The summed E-state index contributed by atoms with van der Waals surface area (Å²) in [7, 11) is 0. The van der Waals surface area contributed by atoms with Crippen LogP contribution >= 0.6 is 23.2 Å². The Bertz CT molecular complexity index is 1740. The summed E-state index contributed by atoms with van der Waals surface area (Å²) in [6.45, 7) is 1.74. The molecule has 5 aromatic rings. The number of carbonyl (C=O) groups is 1. The van der Waals surface area contributed by atoms with E-state index < -0.39 is 11.6 Å². The molecular formula is C25H18Cl2FN7O2. The molecule has 186 valence electrons. The molecule has 12 heteroatoms. The lowest BCUT2D eigenvalue weighted by molar-refractivity contribution is 0.103. The molecule has 1 N–H and O–H groups in total. The number of hydrogen-bond acceptors (Lipinski definition) is 6. The average Bonchev–Trinajstić information content (AvgIpc) is 3.50. The summed E-state index contributed by atoms with van der Waals surface area (Å²) in [6, 6.07) is 9.35. The highest BCUT2D eigenvalue weighted by Crippen LogP contribution is 2.28. The standard InChI is InChI=1S/C25H18Cl2FN7O2/c26-17-10-20-25(37)30-11-15(35(20)24(17)27)8-14-3-4-18(28)16(9-14)23(36)22-19(2-1-5-29-22)33-6-7-34-13-31-32-21(34)12-33/h1-5,9-11,13H,6-8,12H2,(H,30,37). The van der Waals surface area contributed by atoms with E-state index in [9.17, 15) is 14.0 Å². The SMILES string of the molecule is O=C(c1cc(Cc2c[nH]c(=O)c3cc(Cl)c(Cl)n23)ccc1F)c1ncccc1N1CCn2cnnc2C1. The van der Waals surface area contributed by atoms with Gasteiger partial charge in [0.05, 0.1) is 22.8 Å². The number of carbonyl (C=O) groups excluding carboxylic acids is 1. The molecule has 0 atom stereocenters. The summed E-state index contributed by atoms with van der Waals surface area (Å²) in [6.07, 6.45) is 4.97. The van der Waals surface area contributed by atoms with Gasteiger partial charge in [-0.1, -0.05) is 29.3 Å². The summed E-state index contributed by atoms with van der Waals surface area (Å²) in [4.78, 5) is 34.8. The third-order valence-electron chi connectivity index (χ3n) is 6.43. The van der Waals surface area contributed by atoms with Crippen LogP contribution in [0.1, 0.15) is 33.1 Å². The lowest BCUT2D eigenvalue weighted by Crippen LogP contribution is -2.34. The van der Waals surface area contributed by atoms with E-state index in [1.165, 1.54) is 30.6 Å². The molecule has 1 aliphatic rings. The Balaban J connectivity index is 1.35. The first-order chi connectivity index (χ1) is 17.9. The van der Waals surface area contributed by atoms with E-state index in [0.29, 0.717) is 42.1 Å². The first-order valence-corrected chi connectivity index (χ1v) is 12.1. The van der Waals surface area contributed by atoms with Gasteiger partial charge in [-0.2, -0.15) is 0 Å². The van der Waals surface area contributed by atoms with Gasteiger partial charge in [-0.3, -0.25) is 19.0 Å². The van der Waals surface area contributed by atoms with E-state index in [1.807, 2.05) is 9.47 Å². The highest BCUT2D eigenvalue weighted by molar-refractivity contribution is 6.42. The van der Waals surface area contributed by atoms with Gasteiger partial charge in [0.1, 0.15) is 28.5 Å². The van der Waals surface area contributed by atoms with E-state index in [-0.39, 0.29) is 33.4 Å². The van der Waals surface area contributed by atoms with Gasteiger partial charge in [0, 0.05) is 37.6 Å². The molecule has 1 aromatic carbocycles. The number of fused-ring (bicyclic) bond motifs is 2. The van der Waals surface area contributed by atoms with Crippen molar-refractivity contribution in [3.8, 4) is 0 Å². The van der Waals surface area contributed by atoms with Crippen molar-refractivity contribution in [3.05, 3.63) is 110 Å². The van der Waals surface area contributed by atoms with Crippen molar-refractivity contribution in [2.45, 2.75) is 19.5 Å². The number of aromatic amines is 1. The Hall–Kier alpha value is -4.02. The first kappa shape index (κ1) is 23.4. The molecule has 1 aliphatic heterocycles. The van der Waals surface area contributed by atoms with Gasteiger partial charge in [0.25, 0.3) is 5.56 Å². The molecule has 6 rings (SSSR count). The molecule has 0 fully saturated rings. The molecule has 0 unspecified atom stereocenters. The molecule has 9 nitrogen and oxygen atoms in total. The zero-order valence-electron chi connectivity index (χ0n) is 19.2. The van der Waals surface area contributed by atoms with Crippen LogP contribution < -0.4 is 10.5 Å². The number of H-pyrrole nitrogens is 1. The minimum Gasteiger partial charge on any atom is -0.360 e. The van der Waals surface area contributed by atoms with Crippen LogP contribution in [0.3, 0.4) is 0 Å². The minimum atomic E-state index is -0.655. The van der Waals surface area contributed by atoms with Crippen LogP contribution in [0.5, 0.6) is 0 Å². The van der Waals surface area contributed by atoms with Crippen molar-refractivity contribution in [2.75, 3.05) is 11.4 Å². The number of nitrogens with zero attached hydrogens (tertiary/aromatic N) is 6. The summed E-state index contributed by atoms with van der Waals surface area (Å²) >= 11 is 12.5. The van der Waals surface area contributed by atoms with E-state index in [0.717, 1.165) is 5.82 Å². The molecule has 37 heavy (non-hydrogen) atoms. The molecule has 0 radical (unpaired) electrons. The number of ketones is 1. The Morgan fingerprint density at radius 1 is 1.16 bits per heavy atom. The van der Waals surface area contributed by atoms with Crippen molar-refractivity contribution >= 4 is 40.2 Å². The van der Waals surface area contributed by atoms with Gasteiger partial charge in [-0.05, 0) is 35.9 Å². The summed E-state index contributed by atoms with van der Waals surface area (Å²) in [5.41, 5.74) is 1.86. The second kappa shape index (κ2) is 9.13. The van der Waals surface area contributed by atoms with Crippen LogP contribution in [-0.4, -0.2) is 41.5 Å². The third kappa shape index (κ3) is 4.08. The fourth-order valence-electron chi connectivity index (χ4n) is 4.61. The lowest BCUT2D eigenvalue weighted by atomic mass is 10.0. The maximum atomic E-state index is 15.0. The monoisotopic (exact) mass is 537 g/mol. The molecule has 0 spiro atoms. The first-order valence-electron chi connectivity index (χ1n) is 11.4. The maximum Gasteiger partial charge on any atom is 0.272 e. The molecule has 5 heterocycles. The van der Waals surface area contributed by atoms with Crippen molar-refractivity contribution < 1.29 is 9.18 Å². The van der Waals surface area contributed by atoms with E-state index in [1.54, 1.807) is 28.9 Å². The van der Waals surface area contributed by atoms with Crippen molar-refractivity contribution in [2.24, 2.45) is 0 Å². The van der Waals surface area contributed by atoms with Crippen LogP contribution in [0.15, 0.2) is 59.9 Å². The zero-order chi connectivity index (χ0) is 25.7. The van der Waals surface area contributed by atoms with Gasteiger partial charge in [-0.25, -0.2) is 4.39 Å². The number of nitrogens with one attached hydrogen (secondary N) is 1. The minimum absolute atomic E-state index is 0.102. The summed E-state index contributed by atoms with van der Waals surface area (Å²) < 4.78 is 18.5. The number of pyridine rings is 1. The van der Waals surface area contributed by atoms with Gasteiger partial charge >= 0.3 is 0 Å². The van der Waals surface area contributed by atoms with Crippen LogP contribution in [-0.2, 0) is 19.5 Å². The quantitative estimate of drug-likeness (QED) is 0.341. The Labute approximate surface area is 219 Å². The topological polar surface area (TPSA) is 101 Å². The van der Waals surface area contributed by atoms with E-state index in [4.69, 9.17) is 23.2 Å². The highest BCUT2D eigenvalue weighted by Gasteiger charge is 2.25. The molecule has 0 aliphatic carbocycles. The fourth-order valence-corrected chi connectivity index (χ4v) is 5.06. The Morgan fingerprint density at radius 3 is 2.89 bits per heavy atom. The largest absolute Gasteiger partial charge is 0.360 e. The number of hydrogen-bond donors (Lipinski definition) is 1. The van der Waals surface area contributed by atoms with Gasteiger partial charge in [-0.15, -0.1) is 10.2 Å². The fraction of sp³-hybridized carbons (Fsp3) is 0.160. The third-order valence-corrected chi connectivity index (χ3v) is 7.19. The molecule has 0 amide bonds. The molecule has 4 aromatic heterocycles. The smallest absolute Gasteiger partial charge is 0.272 e. The number of anilines is 1. The summed E-state index contributed by atoms with van der Waals surface area (Å²) in [5.74, 6) is -0.411. The number of rotatable bonds is 5. The molecular weight excluding hydrogens is 520 g/mol. The normalized spacial score (nSPS) is 13.2. The predicted octanol–water partition coefficient (Wildman–Crippen LogP) is 3.90. The van der Waals surface area contributed by atoms with Gasteiger partial charge in [0.15, 0.2) is 5.82 Å². The number of halogens is 3. The number of aromatic nitrogens is 6. The second-order valence-electron chi connectivity index (χ2n) is 8.67. The van der Waals surface area contributed by atoms with Crippen LogP contribution in [0, 0.1) is 5.82 Å². The van der Waals surface area contributed by atoms with E-state index in [2.05, 4.69) is 20.2 Å². The Kier molecular flexibility index (Phi) is 5.77. The van der Waals surface area contributed by atoms with Crippen molar-refractivity contribution in [1.29, 1.82) is 0 Å². The molecule has 0 bridgehead atoms. The second-order valence-corrected chi connectivity index (χ2v) is 9.43. The Morgan fingerprint density at radius 2 is 2.03 bits per heavy atom. The average molecular weight is 538 g/mol. The predicted molar refractivity (Wildman–Crippen MR) is 136 cm³/mol.